The summed E-state index contributed by atoms with van der Waals surface area (Å²) in [6, 6.07) is 4.93. The quantitative estimate of drug-likeness (QED) is 0.610. The van der Waals surface area contributed by atoms with Gasteiger partial charge in [0.15, 0.2) is 6.29 Å². The number of hydrogen-bond donors (Lipinski definition) is 0. The minimum Gasteiger partial charge on any atom is -0.354 e. The topological polar surface area (TPSA) is 102 Å². The molecule has 1 amide bonds. The van der Waals surface area contributed by atoms with Crippen LogP contribution in [0.2, 0.25) is 0 Å². The van der Waals surface area contributed by atoms with Crippen LogP contribution in [0.25, 0.3) is 11.0 Å². The van der Waals surface area contributed by atoms with Crippen molar-refractivity contribution in [1.82, 2.24) is 18.0 Å². The first-order valence-corrected chi connectivity index (χ1v) is 11.1. The van der Waals surface area contributed by atoms with E-state index in [0.29, 0.717) is 30.4 Å². The van der Waals surface area contributed by atoms with Crippen LogP contribution in [-0.2, 0) is 24.3 Å². The number of likely N-dealkylation sites (N-methyl/N-ethyl adjacent to an activating group) is 1. The second-order valence-corrected chi connectivity index (χ2v) is 9.14. The van der Waals surface area contributed by atoms with Gasteiger partial charge in [-0.2, -0.15) is 13.1 Å². The molecule has 0 radical (unpaired) electrons. The molecule has 3 rings (SSSR count). The number of methoxy groups -OCH3 is 2. The van der Waals surface area contributed by atoms with Gasteiger partial charge in [-0.05, 0) is 25.0 Å². The lowest BCUT2D eigenvalue weighted by Gasteiger charge is -2.33. The summed E-state index contributed by atoms with van der Waals surface area (Å²) in [6.45, 7) is 0.797. The SMILES string of the molecule is COC(CN(C)C(=O)C1CCCN(S(=O)(=O)c2cccc3nsnc23)C1)OC. The monoisotopic (exact) mass is 428 g/mol. The summed E-state index contributed by atoms with van der Waals surface area (Å²) >= 11 is 0.982. The minimum atomic E-state index is -3.77. The molecule has 1 aromatic carbocycles. The Morgan fingerprint density at radius 1 is 1.36 bits per heavy atom. The van der Waals surface area contributed by atoms with E-state index >= 15 is 0 Å². The van der Waals surface area contributed by atoms with E-state index in [0.717, 1.165) is 11.7 Å². The molecule has 154 valence electrons. The van der Waals surface area contributed by atoms with Crippen molar-refractivity contribution in [3.05, 3.63) is 18.2 Å². The van der Waals surface area contributed by atoms with E-state index in [9.17, 15) is 13.2 Å². The van der Waals surface area contributed by atoms with E-state index in [1.165, 1.54) is 23.4 Å². The maximum atomic E-state index is 13.2. The summed E-state index contributed by atoms with van der Waals surface area (Å²) in [6.07, 6.45) is 0.738. The van der Waals surface area contributed by atoms with Gasteiger partial charge in [0.05, 0.1) is 24.2 Å². The van der Waals surface area contributed by atoms with Crippen LogP contribution in [0.1, 0.15) is 12.8 Å². The molecule has 0 aliphatic carbocycles. The molecule has 9 nitrogen and oxygen atoms in total. The highest BCUT2D eigenvalue weighted by molar-refractivity contribution is 7.89. The summed E-state index contributed by atoms with van der Waals surface area (Å²) in [5.74, 6) is -0.525. The van der Waals surface area contributed by atoms with Crippen LogP contribution in [-0.4, -0.2) is 79.5 Å². The van der Waals surface area contributed by atoms with E-state index in [4.69, 9.17) is 9.47 Å². The predicted molar refractivity (Wildman–Crippen MR) is 104 cm³/mol. The number of nitrogens with zero attached hydrogens (tertiary/aromatic N) is 4. The van der Waals surface area contributed by atoms with Gasteiger partial charge in [0.25, 0.3) is 0 Å². The number of ether oxygens (including phenoxy) is 2. The number of benzene rings is 1. The number of rotatable bonds is 7. The highest BCUT2D eigenvalue weighted by Crippen LogP contribution is 2.28. The Kier molecular flexibility index (Phi) is 6.61. The van der Waals surface area contributed by atoms with E-state index in [-0.39, 0.29) is 23.9 Å². The number of amides is 1. The van der Waals surface area contributed by atoms with Crippen molar-refractivity contribution in [3.63, 3.8) is 0 Å². The Bertz CT molecular complexity index is 929. The van der Waals surface area contributed by atoms with Crippen molar-refractivity contribution < 1.29 is 22.7 Å². The maximum Gasteiger partial charge on any atom is 0.245 e. The smallest absolute Gasteiger partial charge is 0.245 e. The molecule has 11 heteroatoms. The fourth-order valence-corrected chi connectivity index (χ4v) is 5.64. The Hall–Kier alpha value is -1.66. The molecule has 1 unspecified atom stereocenters. The highest BCUT2D eigenvalue weighted by atomic mass is 32.2. The van der Waals surface area contributed by atoms with Crippen LogP contribution in [0, 0.1) is 5.92 Å². The Morgan fingerprint density at radius 3 is 2.82 bits per heavy atom. The molecule has 1 fully saturated rings. The molecule has 0 N–H and O–H groups in total. The fraction of sp³-hybridized carbons (Fsp3) is 0.588. The number of piperidine rings is 1. The Morgan fingerprint density at radius 2 is 2.11 bits per heavy atom. The molecule has 2 heterocycles. The first-order chi connectivity index (χ1) is 13.4. The van der Waals surface area contributed by atoms with Crippen molar-refractivity contribution in [2.45, 2.75) is 24.0 Å². The van der Waals surface area contributed by atoms with Gasteiger partial charge in [-0.3, -0.25) is 4.79 Å². The van der Waals surface area contributed by atoms with Crippen LogP contribution in [0.4, 0.5) is 0 Å². The van der Waals surface area contributed by atoms with Gasteiger partial charge < -0.3 is 14.4 Å². The summed E-state index contributed by atoms with van der Waals surface area (Å²) in [5, 5.41) is 0. The Balaban J connectivity index is 1.77. The number of carbonyl (C=O) groups excluding carboxylic acids is 1. The molecule has 1 aliphatic heterocycles. The average Bonchev–Trinajstić information content (AvgIpc) is 3.20. The van der Waals surface area contributed by atoms with Crippen molar-refractivity contribution in [2.75, 3.05) is 40.9 Å². The number of aromatic nitrogens is 2. The minimum absolute atomic E-state index is 0.118. The molecule has 28 heavy (non-hydrogen) atoms. The fourth-order valence-electron chi connectivity index (χ4n) is 3.36. The molecular weight excluding hydrogens is 404 g/mol. The van der Waals surface area contributed by atoms with Gasteiger partial charge in [0.2, 0.25) is 15.9 Å². The van der Waals surface area contributed by atoms with E-state index in [1.54, 1.807) is 25.2 Å². The summed E-state index contributed by atoms with van der Waals surface area (Å²) in [7, 11) is 0.922. The lowest BCUT2D eigenvalue weighted by atomic mass is 9.98. The number of hydrogen-bond acceptors (Lipinski definition) is 8. The van der Waals surface area contributed by atoms with Crippen LogP contribution >= 0.6 is 11.7 Å². The van der Waals surface area contributed by atoms with E-state index in [2.05, 4.69) is 8.75 Å². The molecule has 1 atom stereocenters. The lowest BCUT2D eigenvalue weighted by molar-refractivity contribution is -0.147. The van der Waals surface area contributed by atoms with E-state index < -0.39 is 22.2 Å². The number of sulfonamides is 1. The van der Waals surface area contributed by atoms with Crippen molar-refractivity contribution in [1.29, 1.82) is 0 Å². The molecule has 2 aromatic rings. The number of carbonyl (C=O) groups is 1. The third-order valence-electron chi connectivity index (χ3n) is 4.93. The standard InChI is InChI=1S/C17H24N4O5S2/c1-20(11-15(25-2)26-3)17(22)12-6-5-9-21(10-12)28(23,24)14-8-4-7-13-16(14)19-27-18-13/h4,7-8,12,15H,5-6,9-11H2,1-3H3. The first kappa shape index (κ1) is 21.1. The molecular formula is C17H24N4O5S2. The van der Waals surface area contributed by atoms with Crippen LogP contribution in [0.3, 0.4) is 0 Å². The van der Waals surface area contributed by atoms with Gasteiger partial charge in [-0.1, -0.05) is 6.07 Å². The largest absolute Gasteiger partial charge is 0.354 e. The van der Waals surface area contributed by atoms with Gasteiger partial charge in [0, 0.05) is 34.4 Å². The zero-order valence-corrected chi connectivity index (χ0v) is 17.7. The van der Waals surface area contributed by atoms with Gasteiger partial charge in [-0.15, -0.1) is 0 Å². The van der Waals surface area contributed by atoms with Crippen LogP contribution in [0.5, 0.6) is 0 Å². The van der Waals surface area contributed by atoms with Gasteiger partial charge >= 0.3 is 0 Å². The predicted octanol–water partition coefficient (Wildman–Crippen LogP) is 1.17. The summed E-state index contributed by atoms with van der Waals surface area (Å²) in [5.41, 5.74) is 0.932. The van der Waals surface area contributed by atoms with Crippen molar-refractivity contribution in [2.24, 2.45) is 5.92 Å². The van der Waals surface area contributed by atoms with Crippen LogP contribution < -0.4 is 0 Å². The van der Waals surface area contributed by atoms with Gasteiger partial charge in [-0.25, -0.2) is 8.42 Å². The number of fused-ring (bicyclic) bond motifs is 1. The average molecular weight is 429 g/mol. The molecule has 0 saturated carbocycles. The molecule has 0 bridgehead atoms. The lowest BCUT2D eigenvalue weighted by Crippen LogP contribution is -2.47. The molecule has 0 spiro atoms. The van der Waals surface area contributed by atoms with E-state index in [1.807, 2.05) is 0 Å². The zero-order chi connectivity index (χ0) is 20.3. The second-order valence-electron chi connectivity index (χ2n) is 6.71. The van der Waals surface area contributed by atoms with Crippen LogP contribution in [0.15, 0.2) is 23.1 Å². The first-order valence-electron chi connectivity index (χ1n) is 8.90. The molecule has 1 saturated heterocycles. The second kappa shape index (κ2) is 8.78. The molecule has 1 aromatic heterocycles. The third-order valence-corrected chi connectivity index (χ3v) is 7.36. The maximum absolute atomic E-state index is 13.2. The molecule has 1 aliphatic rings. The normalized spacial score (nSPS) is 18.6. The van der Waals surface area contributed by atoms with Gasteiger partial charge in [0.1, 0.15) is 15.9 Å². The summed E-state index contributed by atoms with van der Waals surface area (Å²) in [4.78, 5) is 14.5. The zero-order valence-electron chi connectivity index (χ0n) is 16.1. The highest BCUT2D eigenvalue weighted by Gasteiger charge is 2.36. The summed E-state index contributed by atoms with van der Waals surface area (Å²) < 4.78 is 46.3. The third kappa shape index (κ3) is 4.18. The Labute approximate surface area is 168 Å². The van der Waals surface area contributed by atoms with Crippen molar-refractivity contribution in [3.8, 4) is 0 Å². The van der Waals surface area contributed by atoms with Crippen molar-refractivity contribution >= 4 is 38.7 Å².